The number of hydrogen-bond acceptors (Lipinski definition) is 6. The van der Waals surface area contributed by atoms with Crippen LogP contribution in [0.2, 0.25) is 5.02 Å². The maximum absolute atomic E-state index is 12.5. The molecular weight excluding hydrogens is 360 g/mol. The molecule has 1 aromatic carbocycles. The van der Waals surface area contributed by atoms with Crippen molar-refractivity contribution in [3.8, 4) is 5.75 Å². The summed E-state index contributed by atoms with van der Waals surface area (Å²) in [6.07, 6.45) is 3.05. The first kappa shape index (κ1) is 17.5. The van der Waals surface area contributed by atoms with Crippen LogP contribution in [0.15, 0.2) is 28.0 Å². The van der Waals surface area contributed by atoms with Crippen molar-refractivity contribution in [2.45, 2.75) is 19.8 Å². The Hall–Kier alpha value is -2.31. The molecule has 25 heavy (non-hydrogen) atoms. The molecule has 0 saturated carbocycles. The van der Waals surface area contributed by atoms with Gasteiger partial charge in [0.1, 0.15) is 11.3 Å². The zero-order chi connectivity index (χ0) is 18.1. The molecule has 0 bridgehead atoms. The summed E-state index contributed by atoms with van der Waals surface area (Å²) in [4.78, 5) is 16.9. The summed E-state index contributed by atoms with van der Waals surface area (Å²) in [5.74, 6) is 0.537. The lowest BCUT2D eigenvalue weighted by atomic mass is 10.1. The highest BCUT2D eigenvalue weighted by Gasteiger charge is 2.20. The Morgan fingerprint density at radius 2 is 2.20 bits per heavy atom. The van der Waals surface area contributed by atoms with Gasteiger partial charge in [-0.05, 0) is 24.3 Å². The van der Waals surface area contributed by atoms with E-state index in [-0.39, 0.29) is 17.2 Å². The fraction of sp³-hybridized carbons (Fsp3) is 0.222. The van der Waals surface area contributed by atoms with Crippen molar-refractivity contribution in [2.24, 2.45) is 0 Å². The minimum Gasteiger partial charge on any atom is -0.495 e. The Morgan fingerprint density at radius 3 is 2.84 bits per heavy atom. The van der Waals surface area contributed by atoms with Crippen LogP contribution in [-0.4, -0.2) is 17.9 Å². The van der Waals surface area contributed by atoms with Crippen LogP contribution < -0.4 is 10.5 Å². The number of nitrogens with two attached hydrogens (primary N) is 1. The fourth-order valence-corrected chi connectivity index (χ4v) is 3.51. The molecule has 0 radical (unpaired) electrons. The number of carbonyl (C=O) groups excluding carboxylic acids is 1. The fourth-order valence-electron chi connectivity index (χ4n) is 2.37. The van der Waals surface area contributed by atoms with Crippen LogP contribution in [0.5, 0.6) is 5.75 Å². The van der Waals surface area contributed by atoms with Gasteiger partial charge in [0.15, 0.2) is 5.76 Å². The summed E-state index contributed by atoms with van der Waals surface area (Å²) in [7, 11) is 1.51. The second kappa shape index (κ2) is 6.90. The standard InChI is InChI=1S/C18H17ClN2O3S/c1-9(2)18-21-10(8-25-18)4-5-11(22)17-16(20)14-12(24-17)6-7-13(23-3)15(14)19/h4-9H,20H2,1-3H3. The highest BCUT2D eigenvalue weighted by atomic mass is 35.5. The number of carbonyl (C=O) groups is 1. The summed E-state index contributed by atoms with van der Waals surface area (Å²) in [5, 5.41) is 3.73. The van der Waals surface area contributed by atoms with Gasteiger partial charge in [0.2, 0.25) is 5.78 Å². The Bertz CT molecular complexity index is 972. The van der Waals surface area contributed by atoms with E-state index in [0.717, 1.165) is 10.7 Å². The maximum Gasteiger partial charge on any atom is 0.223 e. The second-order valence-electron chi connectivity index (χ2n) is 5.76. The van der Waals surface area contributed by atoms with E-state index in [0.29, 0.717) is 27.7 Å². The van der Waals surface area contributed by atoms with Crippen molar-refractivity contribution in [2.75, 3.05) is 12.8 Å². The van der Waals surface area contributed by atoms with Gasteiger partial charge in [0.25, 0.3) is 0 Å². The molecule has 0 saturated heterocycles. The zero-order valence-corrected chi connectivity index (χ0v) is 15.6. The molecule has 2 heterocycles. The topological polar surface area (TPSA) is 78.3 Å². The van der Waals surface area contributed by atoms with Gasteiger partial charge in [-0.1, -0.05) is 25.4 Å². The number of ketones is 1. The zero-order valence-electron chi connectivity index (χ0n) is 14.0. The molecule has 0 unspecified atom stereocenters. The Balaban J connectivity index is 1.93. The molecule has 5 nitrogen and oxygen atoms in total. The van der Waals surface area contributed by atoms with Crippen LogP contribution in [0.3, 0.4) is 0 Å². The van der Waals surface area contributed by atoms with Crippen molar-refractivity contribution >= 4 is 51.5 Å². The normalized spacial score (nSPS) is 11.7. The minimum absolute atomic E-state index is 0.0562. The second-order valence-corrected chi connectivity index (χ2v) is 7.03. The smallest absolute Gasteiger partial charge is 0.223 e. The van der Waals surface area contributed by atoms with Crippen LogP contribution >= 0.6 is 22.9 Å². The van der Waals surface area contributed by atoms with E-state index >= 15 is 0 Å². The molecule has 0 fully saturated rings. The van der Waals surface area contributed by atoms with Crippen LogP contribution in [0.4, 0.5) is 5.69 Å². The first-order valence-electron chi connectivity index (χ1n) is 7.64. The Morgan fingerprint density at radius 1 is 1.44 bits per heavy atom. The number of halogens is 1. The van der Waals surface area contributed by atoms with Crippen molar-refractivity contribution in [1.82, 2.24) is 4.98 Å². The van der Waals surface area contributed by atoms with Crippen LogP contribution in [0, 0.1) is 0 Å². The number of aromatic nitrogens is 1. The van der Waals surface area contributed by atoms with Crippen molar-refractivity contribution < 1.29 is 13.9 Å². The first-order valence-corrected chi connectivity index (χ1v) is 8.90. The number of anilines is 1. The molecule has 0 aliphatic carbocycles. The van der Waals surface area contributed by atoms with E-state index in [1.54, 1.807) is 29.5 Å². The van der Waals surface area contributed by atoms with Crippen molar-refractivity contribution in [3.05, 3.63) is 45.1 Å². The number of methoxy groups -OCH3 is 1. The van der Waals surface area contributed by atoms with Crippen LogP contribution in [-0.2, 0) is 0 Å². The van der Waals surface area contributed by atoms with Crippen molar-refractivity contribution in [3.63, 3.8) is 0 Å². The van der Waals surface area contributed by atoms with Gasteiger partial charge in [-0.15, -0.1) is 11.3 Å². The summed E-state index contributed by atoms with van der Waals surface area (Å²) < 4.78 is 10.8. The molecule has 0 aliphatic heterocycles. The summed E-state index contributed by atoms with van der Waals surface area (Å²) in [5.41, 5.74) is 7.45. The quantitative estimate of drug-likeness (QED) is 0.492. The number of nitrogens with zero attached hydrogens (tertiary/aromatic N) is 1. The average Bonchev–Trinajstić information content (AvgIpc) is 3.18. The molecule has 0 spiro atoms. The summed E-state index contributed by atoms with van der Waals surface area (Å²) >= 11 is 7.83. The van der Waals surface area contributed by atoms with Crippen LogP contribution in [0.25, 0.3) is 17.0 Å². The van der Waals surface area contributed by atoms with Gasteiger partial charge in [-0.25, -0.2) is 4.98 Å². The van der Waals surface area contributed by atoms with E-state index in [2.05, 4.69) is 18.8 Å². The number of nitrogen functional groups attached to an aromatic ring is 1. The third-order valence-electron chi connectivity index (χ3n) is 3.68. The molecule has 130 valence electrons. The monoisotopic (exact) mass is 376 g/mol. The largest absolute Gasteiger partial charge is 0.495 e. The van der Waals surface area contributed by atoms with Gasteiger partial charge in [0.05, 0.1) is 33.9 Å². The number of rotatable bonds is 5. The number of hydrogen-bond donors (Lipinski definition) is 1. The van der Waals surface area contributed by atoms with E-state index in [1.807, 2.05) is 5.38 Å². The highest BCUT2D eigenvalue weighted by Crippen LogP contribution is 2.39. The molecule has 3 aromatic rings. The summed E-state index contributed by atoms with van der Waals surface area (Å²) in [6, 6.07) is 3.34. The average molecular weight is 377 g/mol. The van der Waals surface area contributed by atoms with Gasteiger partial charge < -0.3 is 14.9 Å². The number of benzene rings is 1. The maximum atomic E-state index is 12.5. The SMILES string of the molecule is COc1ccc2oc(C(=O)C=Cc3csc(C(C)C)n3)c(N)c2c1Cl. The molecule has 0 amide bonds. The molecule has 0 aliphatic rings. The molecule has 7 heteroatoms. The molecule has 2 aromatic heterocycles. The van der Waals surface area contributed by atoms with Crippen molar-refractivity contribution in [1.29, 1.82) is 0 Å². The Labute approximate surface area is 154 Å². The van der Waals surface area contributed by atoms with Gasteiger partial charge >= 0.3 is 0 Å². The summed E-state index contributed by atoms with van der Waals surface area (Å²) in [6.45, 7) is 4.15. The molecule has 0 atom stereocenters. The predicted octanol–water partition coefficient (Wildman–Crippen LogP) is 5.15. The van der Waals surface area contributed by atoms with E-state index in [1.165, 1.54) is 13.2 Å². The minimum atomic E-state index is -0.345. The van der Waals surface area contributed by atoms with E-state index in [9.17, 15) is 4.79 Å². The lowest BCUT2D eigenvalue weighted by Crippen LogP contribution is -1.97. The third-order valence-corrected chi connectivity index (χ3v) is 5.22. The number of thiazole rings is 1. The number of ether oxygens (including phenoxy) is 1. The number of furan rings is 1. The highest BCUT2D eigenvalue weighted by molar-refractivity contribution is 7.09. The van der Waals surface area contributed by atoms with E-state index in [4.69, 9.17) is 26.5 Å². The lowest BCUT2D eigenvalue weighted by Gasteiger charge is -2.02. The van der Waals surface area contributed by atoms with Gasteiger partial charge in [-0.3, -0.25) is 4.79 Å². The predicted molar refractivity (Wildman–Crippen MR) is 102 cm³/mol. The van der Waals surface area contributed by atoms with Gasteiger partial charge in [0, 0.05) is 11.3 Å². The lowest BCUT2D eigenvalue weighted by molar-refractivity contribution is 0.102. The molecule has 2 N–H and O–H groups in total. The first-order chi connectivity index (χ1) is 11.9. The molecular formula is C18H17ClN2O3S. The third kappa shape index (κ3) is 3.27. The van der Waals surface area contributed by atoms with E-state index < -0.39 is 0 Å². The van der Waals surface area contributed by atoms with Crippen LogP contribution in [0.1, 0.15) is 41.0 Å². The Kier molecular flexibility index (Phi) is 4.83. The van der Waals surface area contributed by atoms with Gasteiger partial charge in [-0.2, -0.15) is 0 Å². The molecule has 3 rings (SSSR count). The number of fused-ring (bicyclic) bond motifs is 1. The number of allylic oxidation sites excluding steroid dienone is 1.